The molecular weight excluding hydrogens is 411 g/mol. The zero-order valence-corrected chi connectivity index (χ0v) is 19.7. The van der Waals surface area contributed by atoms with Gasteiger partial charge >= 0.3 is 5.97 Å². The minimum atomic E-state index is -0.515. The molecule has 1 unspecified atom stereocenters. The van der Waals surface area contributed by atoms with Crippen molar-refractivity contribution in [2.75, 3.05) is 0 Å². The summed E-state index contributed by atoms with van der Waals surface area (Å²) in [6, 6.07) is 21.0. The van der Waals surface area contributed by atoms with E-state index in [4.69, 9.17) is 4.74 Å². The number of unbranched alkanes of at least 4 members (excludes halogenated alkanes) is 1. The fourth-order valence-electron chi connectivity index (χ4n) is 4.61. The summed E-state index contributed by atoms with van der Waals surface area (Å²) in [4.78, 5) is 12.4. The topological polar surface area (TPSA) is 26.3 Å². The number of carbonyl (C=O) groups is 1. The van der Waals surface area contributed by atoms with Gasteiger partial charge < -0.3 is 4.74 Å². The van der Waals surface area contributed by atoms with E-state index in [2.05, 4.69) is 62.4 Å². The van der Waals surface area contributed by atoms with Crippen LogP contribution in [0.15, 0.2) is 60.7 Å². The summed E-state index contributed by atoms with van der Waals surface area (Å²) < 4.78 is 20.6. The summed E-state index contributed by atoms with van der Waals surface area (Å²) in [6.07, 6.45) is 7.06. The molecule has 1 atom stereocenters. The lowest BCUT2D eigenvalue weighted by atomic mass is 9.92. The van der Waals surface area contributed by atoms with Crippen molar-refractivity contribution >= 4 is 5.97 Å². The molecule has 0 radical (unpaired) electrons. The van der Waals surface area contributed by atoms with E-state index >= 15 is 4.39 Å². The Labute approximate surface area is 196 Å². The van der Waals surface area contributed by atoms with E-state index in [-0.39, 0.29) is 11.7 Å². The molecule has 0 fully saturated rings. The summed E-state index contributed by atoms with van der Waals surface area (Å²) >= 11 is 0. The number of benzene rings is 3. The molecule has 3 heteroatoms. The first kappa shape index (κ1) is 23.2. The fourth-order valence-corrected chi connectivity index (χ4v) is 4.61. The lowest BCUT2D eigenvalue weighted by Gasteiger charge is -2.25. The van der Waals surface area contributed by atoms with Gasteiger partial charge in [-0.15, -0.1) is 0 Å². The van der Waals surface area contributed by atoms with Crippen LogP contribution in [-0.4, -0.2) is 12.1 Å². The van der Waals surface area contributed by atoms with Crippen LogP contribution in [0.25, 0.3) is 11.1 Å². The highest BCUT2D eigenvalue weighted by molar-refractivity contribution is 5.92. The number of halogens is 1. The number of ether oxygens (including phenoxy) is 1. The van der Waals surface area contributed by atoms with E-state index in [9.17, 15) is 4.79 Å². The van der Waals surface area contributed by atoms with Crippen molar-refractivity contribution in [1.82, 2.24) is 0 Å². The number of hydrogen-bond acceptors (Lipinski definition) is 2. The van der Waals surface area contributed by atoms with Crippen molar-refractivity contribution in [3.63, 3.8) is 0 Å². The normalized spacial score (nSPS) is 15.2. The molecule has 0 amide bonds. The molecule has 33 heavy (non-hydrogen) atoms. The third-order valence-electron chi connectivity index (χ3n) is 6.59. The van der Waals surface area contributed by atoms with Crippen LogP contribution in [0.1, 0.15) is 72.1 Å². The molecule has 3 aromatic carbocycles. The number of rotatable bonds is 9. The predicted octanol–water partition coefficient (Wildman–Crippen LogP) is 7.50. The van der Waals surface area contributed by atoms with Crippen molar-refractivity contribution in [2.24, 2.45) is 0 Å². The van der Waals surface area contributed by atoms with Crippen LogP contribution in [0.3, 0.4) is 0 Å². The van der Waals surface area contributed by atoms with Gasteiger partial charge in [0, 0.05) is 6.42 Å². The largest absolute Gasteiger partial charge is 0.458 e. The van der Waals surface area contributed by atoms with E-state index in [1.807, 2.05) is 12.1 Å². The average molecular weight is 445 g/mol. The van der Waals surface area contributed by atoms with Crippen molar-refractivity contribution < 1.29 is 13.9 Å². The van der Waals surface area contributed by atoms with Gasteiger partial charge in [0.05, 0.1) is 5.56 Å². The summed E-state index contributed by atoms with van der Waals surface area (Å²) in [5.74, 6) is -0.925. The molecule has 0 saturated carbocycles. The van der Waals surface area contributed by atoms with Gasteiger partial charge in [-0.25, -0.2) is 9.18 Å². The van der Waals surface area contributed by atoms with Gasteiger partial charge in [0.15, 0.2) is 0 Å². The number of hydrogen-bond donors (Lipinski definition) is 0. The molecule has 0 bridgehead atoms. The molecule has 1 aliphatic rings. The Morgan fingerprint density at radius 2 is 1.45 bits per heavy atom. The van der Waals surface area contributed by atoms with Crippen molar-refractivity contribution in [1.29, 1.82) is 0 Å². The van der Waals surface area contributed by atoms with Crippen LogP contribution < -0.4 is 0 Å². The second kappa shape index (κ2) is 10.8. The van der Waals surface area contributed by atoms with Gasteiger partial charge in [0.25, 0.3) is 0 Å². The third-order valence-corrected chi connectivity index (χ3v) is 6.59. The van der Waals surface area contributed by atoms with Crippen molar-refractivity contribution in [3.8, 4) is 11.1 Å². The van der Waals surface area contributed by atoms with Gasteiger partial charge in [0.1, 0.15) is 11.9 Å². The highest BCUT2D eigenvalue weighted by atomic mass is 19.1. The van der Waals surface area contributed by atoms with E-state index in [0.717, 1.165) is 36.8 Å². The zero-order chi connectivity index (χ0) is 23.2. The molecule has 2 nitrogen and oxygen atoms in total. The Morgan fingerprint density at radius 3 is 2.06 bits per heavy atom. The lowest BCUT2D eigenvalue weighted by Crippen LogP contribution is -2.29. The molecule has 1 heterocycles. The SMILES string of the molecule is CCCCc1ccc(-c2ccc(CCc3ccc4c(c3F)C(=O)OC(CCC)C4)cc2)cc1. The quantitative estimate of drug-likeness (QED) is 0.319. The third kappa shape index (κ3) is 5.52. The standard InChI is InChI=1S/C30H33FO2/c1-3-5-7-21-8-13-23(14-9-21)24-15-10-22(11-16-24)12-17-25-18-19-26-20-27(6-4-2)33-30(32)28(26)29(25)31/h8-11,13-16,18-19,27H,3-7,12,17,20H2,1-2H3. The Hall–Kier alpha value is -2.94. The fraction of sp³-hybridized carbons (Fsp3) is 0.367. The minimum Gasteiger partial charge on any atom is -0.458 e. The van der Waals surface area contributed by atoms with Crippen LogP contribution >= 0.6 is 0 Å². The number of esters is 1. The maximum absolute atomic E-state index is 15.1. The van der Waals surface area contributed by atoms with Crippen molar-refractivity contribution in [2.45, 2.75) is 71.3 Å². The number of carbonyl (C=O) groups excluding carboxylic acids is 1. The lowest BCUT2D eigenvalue weighted by molar-refractivity contribution is 0.0229. The van der Waals surface area contributed by atoms with E-state index in [0.29, 0.717) is 18.4 Å². The molecule has 0 spiro atoms. The number of cyclic esters (lactones) is 1. The predicted molar refractivity (Wildman–Crippen MR) is 132 cm³/mol. The summed E-state index contributed by atoms with van der Waals surface area (Å²) in [7, 11) is 0. The molecule has 1 aliphatic heterocycles. The van der Waals surface area contributed by atoms with E-state index < -0.39 is 11.8 Å². The molecule has 3 aromatic rings. The molecule has 0 saturated heterocycles. The summed E-state index contributed by atoms with van der Waals surface area (Å²) in [5.41, 5.74) is 6.42. The van der Waals surface area contributed by atoms with Gasteiger partial charge in [0.2, 0.25) is 0 Å². The van der Waals surface area contributed by atoms with Crippen molar-refractivity contribution in [3.05, 3.63) is 94.3 Å². The maximum atomic E-state index is 15.1. The molecule has 4 rings (SSSR count). The molecule has 0 N–H and O–H groups in total. The van der Waals surface area contributed by atoms with Crippen LogP contribution in [0.5, 0.6) is 0 Å². The monoisotopic (exact) mass is 444 g/mol. The highest BCUT2D eigenvalue weighted by Crippen LogP contribution is 2.28. The number of fused-ring (bicyclic) bond motifs is 1. The van der Waals surface area contributed by atoms with Gasteiger partial charge in [-0.05, 0) is 65.5 Å². The van der Waals surface area contributed by atoms with Gasteiger partial charge in [-0.1, -0.05) is 87.4 Å². The van der Waals surface area contributed by atoms with Gasteiger partial charge in [-0.3, -0.25) is 0 Å². The van der Waals surface area contributed by atoms with E-state index in [1.54, 1.807) is 0 Å². The Balaban J connectivity index is 1.41. The minimum absolute atomic E-state index is 0.133. The maximum Gasteiger partial charge on any atom is 0.341 e. The molecular formula is C30H33FO2. The van der Waals surface area contributed by atoms with Crippen LogP contribution in [0.2, 0.25) is 0 Å². The van der Waals surface area contributed by atoms with Crippen LogP contribution in [0, 0.1) is 5.82 Å². The average Bonchev–Trinajstić information content (AvgIpc) is 2.83. The molecule has 0 aliphatic carbocycles. The van der Waals surface area contributed by atoms with E-state index in [1.165, 1.54) is 29.5 Å². The first-order valence-corrected chi connectivity index (χ1v) is 12.3. The number of aryl methyl sites for hydroxylation is 3. The molecule has 0 aromatic heterocycles. The summed E-state index contributed by atoms with van der Waals surface area (Å²) in [5, 5.41) is 0. The van der Waals surface area contributed by atoms with Gasteiger partial charge in [-0.2, -0.15) is 0 Å². The highest BCUT2D eigenvalue weighted by Gasteiger charge is 2.29. The Bertz CT molecular complexity index is 1080. The Kier molecular flexibility index (Phi) is 7.59. The Morgan fingerprint density at radius 1 is 0.818 bits per heavy atom. The zero-order valence-electron chi connectivity index (χ0n) is 19.7. The second-order valence-corrected chi connectivity index (χ2v) is 9.09. The summed E-state index contributed by atoms with van der Waals surface area (Å²) in [6.45, 7) is 4.27. The van der Waals surface area contributed by atoms with Crippen LogP contribution in [-0.2, 0) is 30.4 Å². The first-order chi connectivity index (χ1) is 16.1. The first-order valence-electron chi connectivity index (χ1n) is 12.3. The second-order valence-electron chi connectivity index (χ2n) is 9.09. The molecule has 172 valence electrons. The smallest absolute Gasteiger partial charge is 0.341 e. The van der Waals surface area contributed by atoms with Crippen LogP contribution in [0.4, 0.5) is 4.39 Å².